The van der Waals surface area contributed by atoms with Crippen LogP contribution in [0.2, 0.25) is 0 Å². The van der Waals surface area contributed by atoms with Crippen LogP contribution in [0.3, 0.4) is 0 Å². The molecule has 0 aliphatic rings. The van der Waals surface area contributed by atoms with Gasteiger partial charge in [0, 0.05) is 25.6 Å². The van der Waals surface area contributed by atoms with E-state index >= 15 is 0 Å². The van der Waals surface area contributed by atoms with E-state index < -0.39 is 17.8 Å². The number of hydrogen-bond donors (Lipinski definition) is 1. The molecule has 0 aliphatic carbocycles. The predicted molar refractivity (Wildman–Crippen MR) is 126 cm³/mol. The summed E-state index contributed by atoms with van der Waals surface area (Å²) in [6.45, 7) is 3.53. The number of carbonyl (C=O) groups is 2. The minimum Gasteiger partial charge on any atom is -0.483 e. The molecule has 3 aromatic carbocycles. The van der Waals surface area contributed by atoms with Gasteiger partial charge in [0.2, 0.25) is 5.91 Å². The molecule has 3 aromatic rings. The monoisotopic (exact) mass is 448 g/mol. The Morgan fingerprint density at radius 1 is 1.00 bits per heavy atom. The summed E-state index contributed by atoms with van der Waals surface area (Å²) in [7, 11) is 1.53. The Labute approximate surface area is 194 Å². The number of amides is 2. The molecular formula is C27H29FN2O3. The van der Waals surface area contributed by atoms with E-state index in [2.05, 4.69) is 5.32 Å². The van der Waals surface area contributed by atoms with Gasteiger partial charge in [0.25, 0.3) is 5.91 Å². The van der Waals surface area contributed by atoms with Gasteiger partial charge >= 0.3 is 0 Å². The minimum absolute atomic E-state index is 0.0490. The molecule has 1 atom stereocenters. The van der Waals surface area contributed by atoms with Crippen LogP contribution in [0.25, 0.3) is 0 Å². The van der Waals surface area contributed by atoms with Crippen molar-refractivity contribution in [1.29, 1.82) is 0 Å². The van der Waals surface area contributed by atoms with Crippen molar-refractivity contribution in [2.45, 2.75) is 32.9 Å². The zero-order valence-electron chi connectivity index (χ0n) is 19.2. The molecule has 3 rings (SSSR count). The molecule has 0 spiro atoms. The van der Waals surface area contributed by atoms with Crippen LogP contribution in [-0.2, 0) is 22.6 Å². The third kappa shape index (κ3) is 6.42. The highest BCUT2D eigenvalue weighted by Gasteiger charge is 2.30. The fourth-order valence-corrected chi connectivity index (χ4v) is 3.62. The van der Waals surface area contributed by atoms with Gasteiger partial charge in [-0.1, -0.05) is 60.7 Å². The summed E-state index contributed by atoms with van der Waals surface area (Å²) in [5, 5.41) is 2.64. The highest BCUT2D eigenvalue weighted by molar-refractivity contribution is 5.88. The van der Waals surface area contributed by atoms with Crippen molar-refractivity contribution in [1.82, 2.24) is 10.2 Å². The number of rotatable bonds is 9. The summed E-state index contributed by atoms with van der Waals surface area (Å²) < 4.78 is 20.3. The number of likely N-dealkylation sites (N-methyl/N-ethyl adjacent to an activating group) is 1. The Kier molecular flexibility index (Phi) is 8.19. The normalized spacial score (nSPS) is 11.5. The summed E-state index contributed by atoms with van der Waals surface area (Å²) in [4.78, 5) is 27.6. The van der Waals surface area contributed by atoms with Crippen molar-refractivity contribution in [2.24, 2.45) is 0 Å². The third-order valence-corrected chi connectivity index (χ3v) is 5.51. The molecule has 1 N–H and O–H groups in total. The number of nitrogens with one attached hydrogen (secondary N) is 1. The number of benzene rings is 3. The van der Waals surface area contributed by atoms with Gasteiger partial charge in [-0.15, -0.1) is 0 Å². The second-order valence-corrected chi connectivity index (χ2v) is 7.99. The average molecular weight is 449 g/mol. The van der Waals surface area contributed by atoms with E-state index in [0.717, 1.165) is 16.7 Å². The first-order valence-corrected chi connectivity index (χ1v) is 10.9. The van der Waals surface area contributed by atoms with E-state index in [-0.39, 0.29) is 19.1 Å². The zero-order chi connectivity index (χ0) is 23.8. The number of aryl methyl sites for hydroxylation is 2. The standard InChI is InChI=1S/C27H29FN2O3/c1-19-13-14-20(2)25(15-19)33-18-26(31)30(17-22-11-7-8-12-23(22)28)24(27(32)29-3)16-21-9-5-4-6-10-21/h4-15,24H,16-18H2,1-3H3,(H,29,32)/t24-/m1/s1. The minimum atomic E-state index is -0.827. The van der Waals surface area contributed by atoms with Gasteiger partial charge in [-0.25, -0.2) is 4.39 Å². The van der Waals surface area contributed by atoms with Crippen molar-refractivity contribution in [3.8, 4) is 5.75 Å². The van der Waals surface area contributed by atoms with E-state index in [1.54, 1.807) is 18.2 Å². The van der Waals surface area contributed by atoms with E-state index in [1.807, 2.05) is 62.4 Å². The molecule has 172 valence electrons. The summed E-state index contributed by atoms with van der Waals surface area (Å²) in [5.41, 5.74) is 3.15. The Balaban J connectivity index is 1.90. The lowest BCUT2D eigenvalue weighted by atomic mass is 10.0. The summed E-state index contributed by atoms with van der Waals surface area (Å²) in [6, 6.07) is 20.6. The summed E-state index contributed by atoms with van der Waals surface area (Å²) in [6.07, 6.45) is 0.296. The molecule has 0 heterocycles. The molecule has 0 unspecified atom stereocenters. The topological polar surface area (TPSA) is 58.6 Å². The number of ether oxygens (including phenoxy) is 1. The Morgan fingerprint density at radius 3 is 2.39 bits per heavy atom. The van der Waals surface area contributed by atoms with Gasteiger partial charge in [-0.05, 0) is 42.7 Å². The number of carbonyl (C=O) groups excluding carboxylic acids is 2. The van der Waals surface area contributed by atoms with E-state index in [9.17, 15) is 14.0 Å². The van der Waals surface area contributed by atoms with Gasteiger partial charge < -0.3 is 15.0 Å². The maximum Gasteiger partial charge on any atom is 0.261 e. The van der Waals surface area contributed by atoms with Crippen LogP contribution in [0.4, 0.5) is 4.39 Å². The first-order chi connectivity index (χ1) is 15.9. The molecule has 0 radical (unpaired) electrons. The first-order valence-electron chi connectivity index (χ1n) is 10.9. The van der Waals surface area contributed by atoms with Gasteiger partial charge in [-0.3, -0.25) is 9.59 Å². The van der Waals surface area contributed by atoms with Crippen LogP contribution < -0.4 is 10.1 Å². The lowest BCUT2D eigenvalue weighted by Gasteiger charge is -2.31. The van der Waals surface area contributed by atoms with Crippen LogP contribution in [-0.4, -0.2) is 36.4 Å². The largest absolute Gasteiger partial charge is 0.483 e. The quantitative estimate of drug-likeness (QED) is 0.534. The molecular weight excluding hydrogens is 419 g/mol. The van der Waals surface area contributed by atoms with Gasteiger partial charge in [-0.2, -0.15) is 0 Å². The molecule has 2 amide bonds. The van der Waals surface area contributed by atoms with Crippen molar-refractivity contribution in [2.75, 3.05) is 13.7 Å². The van der Waals surface area contributed by atoms with Gasteiger partial charge in [0.1, 0.15) is 17.6 Å². The van der Waals surface area contributed by atoms with Crippen LogP contribution >= 0.6 is 0 Å². The molecule has 33 heavy (non-hydrogen) atoms. The second-order valence-electron chi connectivity index (χ2n) is 7.99. The molecule has 0 saturated carbocycles. The lowest BCUT2D eigenvalue weighted by Crippen LogP contribution is -2.51. The molecule has 0 bridgehead atoms. The van der Waals surface area contributed by atoms with E-state index in [4.69, 9.17) is 4.74 Å². The van der Waals surface area contributed by atoms with E-state index in [0.29, 0.717) is 17.7 Å². The van der Waals surface area contributed by atoms with Crippen molar-refractivity contribution >= 4 is 11.8 Å². The van der Waals surface area contributed by atoms with Crippen molar-refractivity contribution in [3.63, 3.8) is 0 Å². The summed E-state index contributed by atoms with van der Waals surface area (Å²) in [5.74, 6) is -0.547. The smallest absolute Gasteiger partial charge is 0.261 e. The maximum atomic E-state index is 14.5. The van der Waals surface area contributed by atoms with E-state index in [1.165, 1.54) is 18.0 Å². The van der Waals surface area contributed by atoms with Crippen LogP contribution in [0, 0.1) is 19.7 Å². The highest BCUT2D eigenvalue weighted by Crippen LogP contribution is 2.21. The SMILES string of the molecule is CNC(=O)[C@@H](Cc1ccccc1)N(Cc1ccccc1F)C(=O)COc1cc(C)ccc1C. The predicted octanol–water partition coefficient (Wildman–Crippen LogP) is 4.21. The Morgan fingerprint density at radius 2 is 1.70 bits per heavy atom. The average Bonchev–Trinajstić information content (AvgIpc) is 2.83. The van der Waals surface area contributed by atoms with Crippen LogP contribution in [0.15, 0.2) is 72.8 Å². The highest BCUT2D eigenvalue weighted by atomic mass is 19.1. The van der Waals surface area contributed by atoms with Crippen molar-refractivity contribution < 1.29 is 18.7 Å². The molecule has 0 fully saturated rings. The number of hydrogen-bond acceptors (Lipinski definition) is 3. The van der Waals surface area contributed by atoms with Crippen LogP contribution in [0.1, 0.15) is 22.3 Å². The van der Waals surface area contributed by atoms with Gasteiger partial charge in [0.05, 0.1) is 0 Å². The fourth-order valence-electron chi connectivity index (χ4n) is 3.62. The van der Waals surface area contributed by atoms with Gasteiger partial charge in [0.15, 0.2) is 6.61 Å². The fraction of sp³-hybridized carbons (Fsp3) is 0.259. The van der Waals surface area contributed by atoms with Crippen LogP contribution in [0.5, 0.6) is 5.75 Å². The lowest BCUT2D eigenvalue weighted by molar-refractivity contribution is -0.142. The molecule has 0 saturated heterocycles. The first kappa shape index (κ1) is 24.0. The second kappa shape index (κ2) is 11.3. The molecule has 0 aromatic heterocycles. The molecule has 5 nitrogen and oxygen atoms in total. The molecule has 6 heteroatoms. The number of nitrogens with zero attached hydrogens (tertiary/aromatic N) is 1. The molecule has 0 aliphatic heterocycles. The maximum absolute atomic E-state index is 14.5. The zero-order valence-corrected chi connectivity index (χ0v) is 19.2. The van der Waals surface area contributed by atoms with Crippen molar-refractivity contribution in [3.05, 3.63) is 101 Å². The third-order valence-electron chi connectivity index (χ3n) is 5.51. The Bertz CT molecular complexity index is 1100. The Hall–Kier alpha value is -3.67. The summed E-state index contributed by atoms with van der Waals surface area (Å²) >= 11 is 0. The number of halogens is 1.